The maximum Gasteiger partial charge on any atom is 0.146 e. The van der Waals surface area contributed by atoms with Gasteiger partial charge in [0, 0.05) is 5.56 Å². The van der Waals surface area contributed by atoms with E-state index in [0.717, 1.165) is 5.56 Å². The van der Waals surface area contributed by atoms with E-state index < -0.39 is 6.10 Å². The van der Waals surface area contributed by atoms with Crippen LogP contribution in [-0.4, -0.2) is 5.11 Å². The van der Waals surface area contributed by atoms with Crippen molar-refractivity contribution in [3.05, 3.63) is 60.4 Å². The molecule has 1 unspecified atom stereocenters. The Morgan fingerprint density at radius 1 is 1.24 bits per heavy atom. The Morgan fingerprint density at radius 2 is 1.94 bits per heavy atom. The Labute approximate surface area is 99.2 Å². The van der Waals surface area contributed by atoms with Crippen molar-refractivity contribution in [1.29, 1.82) is 5.26 Å². The van der Waals surface area contributed by atoms with Crippen LogP contribution in [0.25, 0.3) is 11.3 Å². The highest BCUT2D eigenvalue weighted by Crippen LogP contribution is 2.27. The van der Waals surface area contributed by atoms with Crippen LogP contribution in [0.5, 0.6) is 0 Å². The van der Waals surface area contributed by atoms with E-state index >= 15 is 0 Å². The first kappa shape index (κ1) is 11.2. The predicted octanol–water partition coefficient (Wildman–Crippen LogP) is 3.06. The van der Waals surface area contributed by atoms with Crippen molar-refractivity contribution in [2.24, 2.45) is 0 Å². The molecule has 0 aliphatic heterocycles. The molecule has 84 valence electrons. The molecule has 2 aromatic rings. The normalized spacial score (nSPS) is 11.8. The number of hydrogen-bond donors (Lipinski definition) is 1. The highest BCUT2D eigenvalue weighted by atomic mass is 16.4. The van der Waals surface area contributed by atoms with Crippen LogP contribution in [0.2, 0.25) is 0 Å². The van der Waals surface area contributed by atoms with Gasteiger partial charge >= 0.3 is 0 Å². The van der Waals surface area contributed by atoms with Crippen molar-refractivity contribution in [2.45, 2.75) is 6.10 Å². The first-order chi connectivity index (χ1) is 8.22. The van der Waals surface area contributed by atoms with Crippen molar-refractivity contribution < 1.29 is 9.52 Å². The van der Waals surface area contributed by atoms with Gasteiger partial charge in [0.25, 0.3) is 0 Å². The fourth-order valence-corrected chi connectivity index (χ4v) is 1.49. The van der Waals surface area contributed by atoms with Gasteiger partial charge in [0.2, 0.25) is 0 Å². The third kappa shape index (κ3) is 2.27. The van der Waals surface area contributed by atoms with Gasteiger partial charge in [-0.05, 0) is 12.1 Å². The Kier molecular flexibility index (Phi) is 3.08. The van der Waals surface area contributed by atoms with Crippen LogP contribution in [0.15, 0.2) is 59.0 Å². The van der Waals surface area contributed by atoms with E-state index in [1.54, 1.807) is 12.1 Å². The lowest BCUT2D eigenvalue weighted by molar-refractivity contribution is 0.191. The second-order valence-electron chi connectivity index (χ2n) is 3.61. The Morgan fingerprint density at radius 3 is 2.59 bits per heavy atom. The number of aliphatic hydroxyl groups excluding tert-OH is 1. The molecule has 17 heavy (non-hydrogen) atoms. The summed E-state index contributed by atoms with van der Waals surface area (Å²) in [6, 6.07) is 14.8. The summed E-state index contributed by atoms with van der Waals surface area (Å²) in [7, 11) is 0. The SMILES string of the molecule is C=C(C#N)C(O)c1ccc(-c2ccccc2)o1. The number of hydrogen-bond acceptors (Lipinski definition) is 3. The molecule has 0 amide bonds. The summed E-state index contributed by atoms with van der Waals surface area (Å²) >= 11 is 0. The number of rotatable bonds is 3. The van der Waals surface area contributed by atoms with Crippen LogP contribution >= 0.6 is 0 Å². The van der Waals surface area contributed by atoms with Gasteiger partial charge in [-0.2, -0.15) is 5.26 Å². The van der Waals surface area contributed by atoms with Crippen molar-refractivity contribution in [1.82, 2.24) is 0 Å². The zero-order chi connectivity index (χ0) is 12.3. The van der Waals surface area contributed by atoms with E-state index in [9.17, 15) is 5.11 Å². The van der Waals surface area contributed by atoms with Crippen LogP contribution in [0.4, 0.5) is 0 Å². The molecule has 0 saturated carbocycles. The molecule has 1 N–H and O–H groups in total. The Balaban J connectivity index is 2.29. The quantitative estimate of drug-likeness (QED) is 0.817. The zero-order valence-electron chi connectivity index (χ0n) is 9.13. The number of furan rings is 1. The fraction of sp³-hybridized carbons (Fsp3) is 0.0714. The van der Waals surface area contributed by atoms with E-state index in [1.165, 1.54) is 0 Å². The van der Waals surface area contributed by atoms with Crippen LogP contribution in [0.3, 0.4) is 0 Å². The molecule has 1 heterocycles. The topological polar surface area (TPSA) is 57.2 Å². The first-order valence-corrected chi connectivity index (χ1v) is 5.14. The minimum absolute atomic E-state index is 0.0685. The molecule has 0 spiro atoms. The average molecular weight is 225 g/mol. The van der Waals surface area contributed by atoms with Crippen LogP contribution in [0, 0.1) is 11.3 Å². The molecule has 1 aromatic carbocycles. The van der Waals surface area contributed by atoms with Crippen LogP contribution < -0.4 is 0 Å². The zero-order valence-corrected chi connectivity index (χ0v) is 9.13. The lowest BCUT2D eigenvalue weighted by Gasteiger charge is -2.03. The number of nitriles is 1. The molecule has 1 atom stereocenters. The molecule has 2 rings (SSSR count). The largest absolute Gasteiger partial charge is 0.458 e. The molecule has 3 nitrogen and oxygen atoms in total. The summed E-state index contributed by atoms with van der Waals surface area (Å²) in [5.74, 6) is 0.987. The number of aliphatic hydroxyl groups is 1. The molecule has 0 aliphatic carbocycles. The summed E-state index contributed by atoms with van der Waals surface area (Å²) in [4.78, 5) is 0. The maximum atomic E-state index is 9.73. The van der Waals surface area contributed by atoms with Gasteiger partial charge in [0.1, 0.15) is 17.6 Å². The molecule has 0 radical (unpaired) electrons. The summed E-state index contributed by atoms with van der Waals surface area (Å²) in [6.07, 6.45) is -1.07. The van der Waals surface area contributed by atoms with Crippen LogP contribution in [-0.2, 0) is 0 Å². The van der Waals surface area contributed by atoms with E-state index in [-0.39, 0.29) is 5.57 Å². The van der Waals surface area contributed by atoms with Gasteiger partial charge in [-0.15, -0.1) is 0 Å². The number of benzene rings is 1. The summed E-state index contributed by atoms with van der Waals surface area (Å²) in [5.41, 5.74) is 0.993. The van der Waals surface area contributed by atoms with E-state index in [2.05, 4.69) is 6.58 Å². The van der Waals surface area contributed by atoms with Gasteiger partial charge in [-0.1, -0.05) is 36.9 Å². The smallest absolute Gasteiger partial charge is 0.146 e. The molecule has 0 bridgehead atoms. The molecular formula is C14H11NO2. The van der Waals surface area contributed by atoms with Crippen molar-refractivity contribution in [3.63, 3.8) is 0 Å². The Bertz CT molecular complexity index is 563. The fourth-order valence-electron chi connectivity index (χ4n) is 1.49. The second kappa shape index (κ2) is 4.69. The predicted molar refractivity (Wildman–Crippen MR) is 63.9 cm³/mol. The van der Waals surface area contributed by atoms with E-state index in [0.29, 0.717) is 11.5 Å². The molecule has 0 aliphatic rings. The molecule has 0 fully saturated rings. The van der Waals surface area contributed by atoms with Crippen molar-refractivity contribution in [3.8, 4) is 17.4 Å². The van der Waals surface area contributed by atoms with Gasteiger partial charge < -0.3 is 9.52 Å². The summed E-state index contributed by atoms with van der Waals surface area (Å²) in [5, 5.41) is 18.4. The number of nitrogens with zero attached hydrogens (tertiary/aromatic N) is 1. The van der Waals surface area contributed by atoms with Crippen molar-refractivity contribution in [2.75, 3.05) is 0 Å². The lowest BCUT2D eigenvalue weighted by Crippen LogP contribution is -1.96. The third-order valence-corrected chi connectivity index (χ3v) is 2.43. The summed E-state index contributed by atoms with van der Waals surface area (Å²) < 4.78 is 5.49. The average Bonchev–Trinajstić information content (AvgIpc) is 2.87. The van der Waals surface area contributed by atoms with E-state index in [4.69, 9.17) is 9.68 Å². The molecule has 0 saturated heterocycles. The first-order valence-electron chi connectivity index (χ1n) is 5.14. The van der Waals surface area contributed by atoms with E-state index in [1.807, 2.05) is 36.4 Å². The molecular weight excluding hydrogens is 214 g/mol. The maximum absolute atomic E-state index is 9.73. The van der Waals surface area contributed by atoms with Gasteiger partial charge in [-0.25, -0.2) is 0 Å². The Hall–Kier alpha value is -2.31. The molecule has 1 aromatic heterocycles. The van der Waals surface area contributed by atoms with Crippen molar-refractivity contribution >= 4 is 0 Å². The van der Waals surface area contributed by atoms with Gasteiger partial charge in [0.15, 0.2) is 0 Å². The standard InChI is InChI=1S/C14H11NO2/c1-10(9-15)14(16)13-8-7-12(17-13)11-5-3-2-4-6-11/h2-8,14,16H,1H2. The monoisotopic (exact) mass is 225 g/mol. The highest BCUT2D eigenvalue weighted by Gasteiger charge is 2.15. The highest BCUT2D eigenvalue weighted by molar-refractivity contribution is 5.57. The second-order valence-corrected chi connectivity index (χ2v) is 3.61. The minimum Gasteiger partial charge on any atom is -0.458 e. The minimum atomic E-state index is -1.07. The van der Waals surface area contributed by atoms with Gasteiger partial charge in [-0.3, -0.25) is 0 Å². The third-order valence-electron chi connectivity index (χ3n) is 2.43. The van der Waals surface area contributed by atoms with Gasteiger partial charge in [0.05, 0.1) is 11.6 Å². The molecule has 3 heteroatoms. The summed E-state index contributed by atoms with van der Waals surface area (Å²) in [6.45, 7) is 3.46. The lowest BCUT2D eigenvalue weighted by atomic mass is 10.1. The van der Waals surface area contributed by atoms with Crippen LogP contribution in [0.1, 0.15) is 11.9 Å².